The summed E-state index contributed by atoms with van der Waals surface area (Å²) in [5, 5.41) is 7.89. The highest BCUT2D eigenvalue weighted by molar-refractivity contribution is 14.0. The molecule has 27 heavy (non-hydrogen) atoms. The Morgan fingerprint density at radius 2 is 1.78 bits per heavy atom. The number of hydrogen-bond acceptors (Lipinski definition) is 2. The number of nitrogens with one attached hydrogen (secondary N) is 1. The third-order valence-corrected chi connectivity index (χ3v) is 4.83. The van der Waals surface area contributed by atoms with E-state index in [9.17, 15) is 0 Å². The van der Waals surface area contributed by atoms with E-state index in [0.29, 0.717) is 0 Å². The number of aryl methyl sites for hydroxylation is 3. The molecule has 0 spiro atoms. The predicted octanol–water partition coefficient (Wildman–Crippen LogP) is 3.86. The van der Waals surface area contributed by atoms with Crippen molar-refractivity contribution in [3.63, 3.8) is 0 Å². The number of benzene rings is 1. The largest absolute Gasteiger partial charge is 0.357 e. The summed E-state index contributed by atoms with van der Waals surface area (Å²) in [5.74, 6) is 0.950. The van der Waals surface area contributed by atoms with Crippen LogP contribution in [0, 0.1) is 13.8 Å². The summed E-state index contributed by atoms with van der Waals surface area (Å²) >= 11 is 0. The Morgan fingerprint density at radius 3 is 2.30 bits per heavy atom. The van der Waals surface area contributed by atoms with Gasteiger partial charge < -0.3 is 10.2 Å². The zero-order chi connectivity index (χ0) is 19.1. The summed E-state index contributed by atoms with van der Waals surface area (Å²) in [5.41, 5.74) is 6.32. The number of aromatic nitrogens is 2. The van der Waals surface area contributed by atoms with Crippen LogP contribution < -0.4 is 5.32 Å². The lowest BCUT2D eigenvalue weighted by Gasteiger charge is -2.22. The van der Waals surface area contributed by atoms with Crippen LogP contribution in [0.25, 0.3) is 0 Å². The van der Waals surface area contributed by atoms with Crippen LogP contribution >= 0.6 is 24.0 Å². The Morgan fingerprint density at radius 1 is 1.15 bits per heavy atom. The van der Waals surface area contributed by atoms with Crippen molar-refractivity contribution in [2.24, 2.45) is 12.0 Å². The Kier molecular flexibility index (Phi) is 9.83. The molecule has 0 aliphatic heterocycles. The number of nitrogens with zero attached hydrogens (tertiary/aromatic N) is 4. The smallest absolute Gasteiger partial charge is 0.193 e. The average Bonchev–Trinajstić information content (AvgIpc) is 2.87. The van der Waals surface area contributed by atoms with E-state index < -0.39 is 0 Å². The lowest BCUT2D eigenvalue weighted by molar-refractivity contribution is 0.477. The number of aliphatic imine (C=N–C) groups is 1. The average molecular weight is 483 g/mol. The number of rotatable bonds is 7. The van der Waals surface area contributed by atoms with Crippen molar-refractivity contribution in [3.05, 3.63) is 52.3 Å². The maximum Gasteiger partial charge on any atom is 0.193 e. The second kappa shape index (κ2) is 11.3. The zero-order valence-electron chi connectivity index (χ0n) is 17.5. The van der Waals surface area contributed by atoms with E-state index >= 15 is 0 Å². The highest BCUT2D eigenvalue weighted by atomic mass is 127. The molecule has 5 nitrogen and oxygen atoms in total. The van der Waals surface area contributed by atoms with Gasteiger partial charge >= 0.3 is 0 Å². The Hall–Kier alpha value is -1.57. The van der Waals surface area contributed by atoms with Crippen molar-refractivity contribution in [1.29, 1.82) is 0 Å². The van der Waals surface area contributed by atoms with Gasteiger partial charge in [-0.2, -0.15) is 5.10 Å². The van der Waals surface area contributed by atoms with Crippen LogP contribution in [-0.2, 0) is 26.4 Å². The lowest BCUT2D eigenvalue weighted by atomic mass is 10.1. The molecule has 0 saturated heterocycles. The quantitative estimate of drug-likeness (QED) is 0.370. The fraction of sp³-hybridized carbons (Fsp3) is 0.524. The van der Waals surface area contributed by atoms with Gasteiger partial charge in [-0.25, -0.2) is 0 Å². The van der Waals surface area contributed by atoms with Crippen LogP contribution in [0.2, 0.25) is 0 Å². The van der Waals surface area contributed by atoms with Gasteiger partial charge in [0.25, 0.3) is 0 Å². The fourth-order valence-electron chi connectivity index (χ4n) is 3.15. The number of halogens is 1. The highest BCUT2D eigenvalue weighted by Crippen LogP contribution is 2.13. The summed E-state index contributed by atoms with van der Waals surface area (Å²) in [6, 6.07) is 8.84. The molecule has 0 saturated carbocycles. The first-order valence-corrected chi connectivity index (χ1v) is 9.52. The van der Waals surface area contributed by atoms with E-state index in [1.807, 2.05) is 11.7 Å². The minimum Gasteiger partial charge on any atom is -0.357 e. The molecule has 0 aliphatic rings. The summed E-state index contributed by atoms with van der Waals surface area (Å²) in [7, 11) is 4.09. The maximum absolute atomic E-state index is 4.82. The SMILES string of the molecule is CCNC(=NCCc1c(C)nn(C)c1C)N(C)Cc1ccc(CC)cc1.I. The van der Waals surface area contributed by atoms with E-state index in [-0.39, 0.29) is 24.0 Å². The Labute approximate surface area is 181 Å². The number of hydrogen-bond donors (Lipinski definition) is 1. The molecule has 0 bridgehead atoms. The first-order chi connectivity index (χ1) is 12.5. The minimum atomic E-state index is 0. The highest BCUT2D eigenvalue weighted by Gasteiger charge is 2.10. The van der Waals surface area contributed by atoms with Gasteiger partial charge in [0.1, 0.15) is 0 Å². The van der Waals surface area contributed by atoms with Gasteiger partial charge in [-0.1, -0.05) is 31.2 Å². The molecule has 0 amide bonds. The molecule has 0 radical (unpaired) electrons. The molecule has 1 aromatic heterocycles. The van der Waals surface area contributed by atoms with E-state index in [1.54, 1.807) is 0 Å². The van der Waals surface area contributed by atoms with Crippen LogP contribution in [0.15, 0.2) is 29.3 Å². The molecule has 150 valence electrons. The molecule has 0 atom stereocenters. The van der Waals surface area contributed by atoms with Gasteiger partial charge in [-0.05, 0) is 50.3 Å². The maximum atomic E-state index is 4.82. The van der Waals surface area contributed by atoms with E-state index in [0.717, 1.165) is 44.1 Å². The lowest BCUT2D eigenvalue weighted by Crippen LogP contribution is -2.38. The van der Waals surface area contributed by atoms with Crippen molar-refractivity contribution in [1.82, 2.24) is 20.0 Å². The van der Waals surface area contributed by atoms with Crippen molar-refractivity contribution in [2.45, 2.75) is 47.1 Å². The van der Waals surface area contributed by atoms with Crippen LogP contribution in [0.4, 0.5) is 0 Å². The van der Waals surface area contributed by atoms with Crippen molar-refractivity contribution in [2.75, 3.05) is 20.1 Å². The number of guanidine groups is 1. The van der Waals surface area contributed by atoms with Gasteiger partial charge in [0, 0.05) is 39.4 Å². The molecule has 1 heterocycles. The van der Waals surface area contributed by atoms with E-state index in [1.165, 1.54) is 22.4 Å². The molecule has 0 fully saturated rings. The fourth-order valence-corrected chi connectivity index (χ4v) is 3.15. The third kappa shape index (κ3) is 6.52. The van der Waals surface area contributed by atoms with E-state index in [2.05, 4.69) is 74.3 Å². The minimum absolute atomic E-state index is 0. The summed E-state index contributed by atoms with van der Waals surface area (Å²) in [6.45, 7) is 11.0. The molecular formula is C21H34IN5. The zero-order valence-corrected chi connectivity index (χ0v) is 19.9. The Balaban J connectivity index is 0.00000364. The van der Waals surface area contributed by atoms with Crippen molar-refractivity contribution >= 4 is 29.9 Å². The van der Waals surface area contributed by atoms with Crippen molar-refractivity contribution in [3.8, 4) is 0 Å². The second-order valence-corrected chi connectivity index (χ2v) is 6.78. The van der Waals surface area contributed by atoms with Gasteiger partial charge in [-0.3, -0.25) is 9.67 Å². The molecule has 1 aromatic carbocycles. The predicted molar refractivity (Wildman–Crippen MR) is 125 cm³/mol. The molecule has 0 aliphatic carbocycles. The van der Waals surface area contributed by atoms with Crippen LogP contribution in [0.5, 0.6) is 0 Å². The topological polar surface area (TPSA) is 45.5 Å². The molecule has 2 rings (SSSR count). The first-order valence-electron chi connectivity index (χ1n) is 9.52. The molecular weight excluding hydrogens is 449 g/mol. The first kappa shape index (κ1) is 23.5. The molecule has 6 heteroatoms. The third-order valence-electron chi connectivity index (χ3n) is 4.83. The van der Waals surface area contributed by atoms with E-state index in [4.69, 9.17) is 4.99 Å². The van der Waals surface area contributed by atoms with Crippen LogP contribution in [0.3, 0.4) is 0 Å². The van der Waals surface area contributed by atoms with Gasteiger partial charge in [0.2, 0.25) is 0 Å². The van der Waals surface area contributed by atoms with Gasteiger partial charge in [0.05, 0.1) is 5.69 Å². The van der Waals surface area contributed by atoms with Crippen LogP contribution in [0.1, 0.15) is 41.9 Å². The van der Waals surface area contributed by atoms with Gasteiger partial charge in [0.15, 0.2) is 5.96 Å². The second-order valence-electron chi connectivity index (χ2n) is 6.78. The molecule has 2 aromatic rings. The standard InChI is InChI=1S/C21H33N5.HI/c1-7-18-9-11-19(12-10-18)15-25(5)21(22-8-2)23-14-13-20-16(3)24-26(6)17(20)4;/h9-12H,7-8,13-15H2,1-6H3,(H,22,23);1H. The van der Waals surface area contributed by atoms with Crippen LogP contribution in [-0.4, -0.2) is 40.8 Å². The summed E-state index contributed by atoms with van der Waals surface area (Å²) in [6.07, 6.45) is 1.99. The van der Waals surface area contributed by atoms with Crippen molar-refractivity contribution < 1.29 is 0 Å². The monoisotopic (exact) mass is 483 g/mol. The normalized spacial score (nSPS) is 11.3. The molecule has 1 N–H and O–H groups in total. The summed E-state index contributed by atoms with van der Waals surface area (Å²) < 4.78 is 1.95. The molecule has 0 unspecified atom stereocenters. The van der Waals surface area contributed by atoms with Gasteiger partial charge in [-0.15, -0.1) is 24.0 Å². The Bertz CT molecular complexity index is 734. The summed E-state index contributed by atoms with van der Waals surface area (Å²) in [4.78, 5) is 7.01.